The van der Waals surface area contributed by atoms with Crippen LogP contribution in [0.15, 0.2) is 0 Å². The highest BCUT2D eigenvalue weighted by Gasteiger charge is 2.31. The van der Waals surface area contributed by atoms with Gasteiger partial charge in [0.25, 0.3) is 0 Å². The van der Waals surface area contributed by atoms with E-state index < -0.39 is 0 Å². The van der Waals surface area contributed by atoms with E-state index in [4.69, 9.17) is 0 Å². The third-order valence-electron chi connectivity index (χ3n) is 3.89. The van der Waals surface area contributed by atoms with Crippen molar-refractivity contribution in [1.29, 1.82) is 0 Å². The van der Waals surface area contributed by atoms with Crippen LogP contribution < -0.4 is 5.32 Å². The third-order valence-corrected chi connectivity index (χ3v) is 5.04. The molecule has 2 saturated heterocycles. The Kier molecular flexibility index (Phi) is 6.16. The van der Waals surface area contributed by atoms with Gasteiger partial charge < -0.3 is 15.1 Å². The topological polar surface area (TPSA) is 52.7 Å². The number of carbonyl (C=O) groups excluding carboxylic acids is 2. The Labute approximate surface area is 125 Å². The number of carbonyl (C=O) groups is 2. The number of nitrogens with zero attached hydrogens (tertiary/aromatic N) is 2. The minimum atomic E-state index is 0.177. The molecule has 0 saturated carbocycles. The Hall–Kier alpha value is -0.750. The first kappa shape index (κ1) is 15.6. The number of hydrogen-bond acceptors (Lipinski definition) is 4. The van der Waals surface area contributed by atoms with Crippen LogP contribution in [0.5, 0.6) is 0 Å². The molecular weight excluding hydrogens is 274 g/mol. The van der Waals surface area contributed by atoms with Gasteiger partial charge in [0.1, 0.15) is 0 Å². The van der Waals surface area contributed by atoms with Gasteiger partial charge in [-0.3, -0.25) is 9.59 Å². The fraction of sp³-hybridized carbons (Fsp3) is 0.857. The fourth-order valence-electron chi connectivity index (χ4n) is 2.84. The van der Waals surface area contributed by atoms with Crippen LogP contribution in [0.2, 0.25) is 0 Å². The molecule has 2 amide bonds. The van der Waals surface area contributed by atoms with Crippen molar-refractivity contribution in [3.8, 4) is 0 Å². The quantitative estimate of drug-likeness (QED) is 0.754. The molecule has 0 spiro atoms. The zero-order chi connectivity index (χ0) is 14.4. The largest absolute Gasteiger partial charge is 0.340 e. The Balaban J connectivity index is 1.84. The van der Waals surface area contributed by atoms with E-state index in [1.165, 1.54) is 0 Å². The zero-order valence-electron chi connectivity index (χ0n) is 12.3. The molecule has 1 unspecified atom stereocenters. The number of rotatable bonds is 5. The lowest BCUT2D eigenvalue weighted by Gasteiger charge is -2.41. The summed E-state index contributed by atoms with van der Waals surface area (Å²) in [4.78, 5) is 28.0. The van der Waals surface area contributed by atoms with E-state index in [9.17, 15) is 9.59 Å². The fourth-order valence-corrected chi connectivity index (χ4v) is 3.63. The molecule has 20 heavy (non-hydrogen) atoms. The lowest BCUT2D eigenvalue weighted by molar-refractivity contribution is -0.139. The first-order chi connectivity index (χ1) is 9.72. The lowest BCUT2D eigenvalue weighted by Crippen LogP contribution is -2.57. The van der Waals surface area contributed by atoms with E-state index >= 15 is 0 Å². The molecule has 0 aliphatic carbocycles. The third kappa shape index (κ3) is 4.12. The Bertz CT molecular complexity index is 351. The average Bonchev–Trinajstić information content (AvgIpc) is 2.48. The summed E-state index contributed by atoms with van der Waals surface area (Å²) in [7, 11) is 0. The Morgan fingerprint density at radius 3 is 3.05 bits per heavy atom. The van der Waals surface area contributed by atoms with Crippen LogP contribution in [0.4, 0.5) is 0 Å². The molecule has 2 fully saturated rings. The van der Waals surface area contributed by atoms with Crippen LogP contribution in [0.3, 0.4) is 0 Å². The molecule has 0 aromatic carbocycles. The number of hydrogen-bond donors (Lipinski definition) is 1. The predicted octanol–water partition coefficient (Wildman–Crippen LogP) is 0.552. The van der Waals surface area contributed by atoms with Gasteiger partial charge in [0.2, 0.25) is 11.8 Å². The minimum absolute atomic E-state index is 0.177. The molecule has 2 heterocycles. The van der Waals surface area contributed by atoms with Gasteiger partial charge in [-0.05, 0) is 25.0 Å². The van der Waals surface area contributed by atoms with Gasteiger partial charge in [0.05, 0.1) is 12.3 Å². The first-order valence-electron chi connectivity index (χ1n) is 7.58. The highest BCUT2D eigenvalue weighted by atomic mass is 32.2. The van der Waals surface area contributed by atoms with Crippen LogP contribution in [-0.4, -0.2) is 71.9 Å². The van der Waals surface area contributed by atoms with E-state index in [0.29, 0.717) is 12.3 Å². The van der Waals surface area contributed by atoms with Gasteiger partial charge in [0.15, 0.2) is 0 Å². The number of likely N-dealkylation sites (tertiary alicyclic amines) is 1. The summed E-state index contributed by atoms with van der Waals surface area (Å²) in [6.07, 6.45) is 3.14. The molecule has 114 valence electrons. The van der Waals surface area contributed by atoms with Crippen LogP contribution in [0.25, 0.3) is 0 Å². The lowest BCUT2D eigenvalue weighted by atomic mass is 10.0. The van der Waals surface area contributed by atoms with Gasteiger partial charge in [-0.15, -0.1) is 0 Å². The highest BCUT2D eigenvalue weighted by molar-refractivity contribution is 7.99. The second-order valence-electron chi connectivity index (χ2n) is 5.45. The highest BCUT2D eigenvalue weighted by Crippen LogP contribution is 2.18. The van der Waals surface area contributed by atoms with E-state index in [1.54, 1.807) is 11.8 Å². The van der Waals surface area contributed by atoms with Gasteiger partial charge >= 0.3 is 0 Å². The molecule has 2 rings (SSSR count). The molecule has 5 nitrogen and oxygen atoms in total. The summed E-state index contributed by atoms with van der Waals surface area (Å²) in [5, 5.41) is 3.10. The van der Waals surface area contributed by atoms with Gasteiger partial charge in [-0.1, -0.05) is 6.92 Å². The number of thioether (sulfide) groups is 1. The van der Waals surface area contributed by atoms with E-state index in [-0.39, 0.29) is 17.9 Å². The molecule has 2 aliphatic rings. The maximum atomic E-state index is 12.2. The van der Waals surface area contributed by atoms with Crippen LogP contribution in [-0.2, 0) is 9.59 Å². The second kappa shape index (κ2) is 7.88. The average molecular weight is 299 g/mol. The maximum absolute atomic E-state index is 12.2. The first-order valence-corrected chi connectivity index (χ1v) is 8.73. The van der Waals surface area contributed by atoms with Crippen LogP contribution in [0, 0.1) is 0 Å². The van der Waals surface area contributed by atoms with Crippen molar-refractivity contribution in [1.82, 2.24) is 15.1 Å². The summed E-state index contributed by atoms with van der Waals surface area (Å²) in [6.45, 7) is 5.78. The van der Waals surface area contributed by atoms with Gasteiger partial charge in [-0.25, -0.2) is 0 Å². The van der Waals surface area contributed by atoms with Crippen molar-refractivity contribution in [2.75, 3.05) is 44.2 Å². The van der Waals surface area contributed by atoms with E-state index in [0.717, 1.165) is 51.2 Å². The van der Waals surface area contributed by atoms with Crippen LogP contribution >= 0.6 is 11.8 Å². The standard InChI is InChI=1S/C14H25N3O2S/c1-2-8-20-11-14(19)16-6-3-4-12(10-16)17-7-5-15-9-13(17)18/h12,15H,2-11H2,1H3. The number of nitrogens with one attached hydrogen (secondary N) is 1. The molecule has 1 atom stereocenters. The van der Waals surface area contributed by atoms with Crippen molar-refractivity contribution in [2.24, 2.45) is 0 Å². The van der Waals surface area contributed by atoms with E-state index in [2.05, 4.69) is 12.2 Å². The van der Waals surface area contributed by atoms with Crippen molar-refractivity contribution in [3.05, 3.63) is 0 Å². The Morgan fingerprint density at radius 1 is 1.45 bits per heavy atom. The summed E-state index contributed by atoms with van der Waals surface area (Å²) < 4.78 is 0. The molecule has 1 N–H and O–H groups in total. The van der Waals surface area contributed by atoms with Crippen molar-refractivity contribution in [2.45, 2.75) is 32.2 Å². The number of amides is 2. The second-order valence-corrected chi connectivity index (χ2v) is 6.56. The molecule has 0 radical (unpaired) electrons. The summed E-state index contributed by atoms with van der Waals surface area (Å²) in [5.41, 5.74) is 0. The normalized spacial score (nSPS) is 24.1. The van der Waals surface area contributed by atoms with Crippen molar-refractivity contribution < 1.29 is 9.59 Å². The molecule has 6 heteroatoms. The summed E-state index contributed by atoms with van der Waals surface area (Å²) in [6, 6.07) is 0.221. The SMILES string of the molecule is CCCSCC(=O)N1CCCC(N2CCNCC2=O)C1. The summed E-state index contributed by atoms with van der Waals surface area (Å²) in [5.74, 6) is 2.03. The van der Waals surface area contributed by atoms with Crippen LogP contribution in [0.1, 0.15) is 26.2 Å². The molecular formula is C14H25N3O2S. The minimum Gasteiger partial charge on any atom is -0.340 e. The number of piperidine rings is 1. The Morgan fingerprint density at radius 2 is 2.30 bits per heavy atom. The molecule has 0 aromatic rings. The molecule has 0 aromatic heterocycles. The van der Waals surface area contributed by atoms with E-state index in [1.807, 2.05) is 9.80 Å². The van der Waals surface area contributed by atoms with Crippen molar-refractivity contribution >= 4 is 23.6 Å². The summed E-state index contributed by atoms with van der Waals surface area (Å²) >= 11 is 1.71. The monoisotopic (exact) mass is 299 g/mol. The smallest absolute Gasteiger partial charge is 0.236 e. The molecule has 0 bridgehead atoms. The van der Waals surface area contributed by atoms with Gasteiger partial charge in [-0.2, -0.15) is 11.8 Å². The molecule has 2 aliphatic heterocycles. The maximum Gasteiger partial charge on any atom is 0.236 e. The van der Waals surface area contributed by atoms with Crippen molar-refractivity contribution in [3.63, 3.8) is 0 Å². The zero-order valence-corrected chi connectivity index (χ0v) is 13.1. The number of piperazine rings is 1. The predicted molar refractivity (Wildman–Crippen MR) is 81.8 cm³/mol. The van der Waals surface area contributed by atoms with Gasteiger partial charge in [0, 0.05) is 32.2 Å².